The Morgan fingerprint density at radius 1 is 0.909 bits per heavy atom. The zero-order valence-corrected chi connectivity index (χ0v) is 25.5. The summed E-state index contributed by atoms with van der Waals surface area (Å²) >= 11 is 0. The van der Waals surface area contributed by atoms with Crippen LogP contribution in [0.3, 0.4) is 0 Å². The Morgan fingerprint density at radius 3 is 2.23 bits per heavy atom. The van der Waals surface area contributed by atoms with E-state index in [9.17, 15) is 24.0 Å². The standard InChI is InChI=1S/C33H41N5O6/c1-20(2)29-31(41)34-16-25-17-38(32(42)24-14-22-11-7-8-12-23(22)15-24)18-27(44-25)30(40)35-26(13-21-9-5-4-6-10-21)33(43)37(3)19-28(39)36-29/h4-12,20,24-27,29H,13-19H2,1-3H3,(H,34,41)(H,35,40)(H,36,39)/t25-,26+,27+,29-/m0/s1. The van der Waals surface area contributed by atoms with E-state index >= 15 is 0 Å². The quantitative estimate of drug-likeness (QED) is 0.465. The highest BCUT2D eigenvalue weighted by molar-refractivity contribution is 5.93. The predicted molar refractivity (Wildman–Crippen MR) is 162 cm³/mol. The Hall–Kier alpha value is -4.25. The Kier molecular flexibility index (Phi) is 9.63. The maximum absolute atomic E-state index is 13.8. The first kappa shape index (κ1) is 31.2. The fourth-order valence-electron chi connectivity index (χ4n) is 6.22. The Balaban J connectivity index is 1.41. The van der Waals surface area contributed by atoms with Gasteiger partial charge in [0.15, 0.2) is 6.10 Å². The first-order valence-electron chi connectivity index (χ1n) is 15.3. The van der Waals surface area contributed by atoms with Crippen LogP contribution in [0.2, 0.25) is 0 Å². The summed E-state index contributed by atoms with van der Waals surface area (Å²) in [7, 11) is 1.49. The van der Waals surface area contributed by atoms with Crippen molar-refractivity contribution in [2.24, 2.45) is 11.8 Å². The van der Waals surface area contributed by atoms with Crippen LogP contribution in [0.15, 0.2) is 54.6 Å². The molecule has 2 aliphatic heterocycles. The van der Waals surface area contributed by atoms with E-state index in [0.29, 0.717) is 12.8 Å². The number of ether oxygens (including phenoxy) is 1. The second kappa shape index (κ2) is 13.6. The van der Waals surface area contributed by atoms with Gasteiger partial charge in [-0.3, -0.25) is 24.0 Å². The molecule has 2 heterocycles. The van der Waals surface area contributed by atoms with Crippen molar-refractivity contribution in [3.63, 3.8) is 0 Å². The lowest BCUT2D eigenvalue weighted by Crippen LogP contribution is -2.60. The average Bonchev–Trinajstić information content (AvgIpc) is 3.45. The summed E-state index contributed by atoms with van der Waals surface area (Å²) < 4.78 is 6.17. The molecule has 2 saturated heterocycles. The largest absolute Gasteiger partial charge is 0.360 e. The first-order valence-corrected chi connectivity index (χ1v) is 15.3. The third-order valence-corrected chi connectivity index (χ3v) is 8.60. The third kappa shape index (κ3) is 7.27. The minimum atomic E-state index is -1.06. The highest BCUT2D eigenvalue weighted by Gasteiger charge is 2.40. The molecule has 44 heavy (non-hydrogen) atoms. The van der Waals surface area contributed by atoms with Gasteiger partial charge in [-0.05, 0) is 35.4 Å². The highest BCUT2D eigenvalue weighted by Crippen LogP contribution is 2.29. The summed E-state index contributed by atoms with van der Waals surface area (Å²) in [6.07, 6.45) is -0.275. The van der Waals surface area contributed by atoms with Crippen molar-refractivity contribution >= 4 is 29.5 Å². The molecule has 11 nitrogen and oxygen atoms in total. The van der Waals surface area contributed by atoms with Crippen LogP contribution < -0.4 is 16.0 Å². The molecule has 5 amide bonds. The topological polar surface area (TPSA) is 137 Å². The maximum atomic E-state index is 13.8. The SMILES string of the molecule is CC(C)[C@@H]1NC(=O)CN(C)C(=O)[C@@H](Cc2ccccc2)NC(=O)[C@H]2CN(C(=O)C3Cc4ccccc4C3)C[C@H](CNC1=O)O2. The number of hydrogen-bond donors (Lipinski definition) is 3. The summed E-state index contributed by atoms with van der Waals surface area (Å²) in [6, 6.07) is 15.5. The molecule has 0 saturated carbocycles. The molecule has 234 valence electrons. The fraction of sp³-hybridized carbons (Fsp3) is 0.485. The van der Waals surface area contributed by atoms with Crippen molar-refractivity contribution in [2.45, 2.75) is 57.4 Å². The van der Waals surface area contributed by atoms with Crippen LogP contribution in [-0.2, 0) is 48.0 Å². The Labute approximate surface area is 257 Å². The van der Waals surface area contributed by atoms with Gasteiger partial charge in [0, 0.05) is 32.5 Å². The van der Waals surface area contributed by atoms with Gasteiger partial charge < -0.3 is 30.5 Å². The second-order valence-corrected chi connectivity index (χ2v) is 12.3. The lowest BCUT2D eigenvalue weighted by molar-refractivity contribution is -0.159. The Bertz CT molecular complexity index is 1370. The van der Waals surface area contributed by atoms with E-state index in [1.807, 2.05) is 68.4 Å². The molecular formula is C33H41N5O6. The number of hydrogen-bond acceptors (Lipinski definition) is 6. The molecule has 0 spiro atoms. The third-order valence-electron chi connectivity index (χ3n) is 8.60. The lowest BCUT2D eigenvalue weighted by atomic mass is 10.0. The van der Waals surface area contributed by atoms with E-state index in [0.717, 1.165) is 16.7 Å². The average molecular weight is 604 g/mol. The molecule has 5 rings (SSSR count). The molecule has 3 N–H and O–H groups in total. The minimum Gasteiger partial charge on any atom is -0.360 e. The van der Waals surface area contributed by atoms with E-state index in [1.54, 1.807) is 4.90 Å². The number of fused-ring (bicyclic) bond motifs is 3. The van der Waals surface area contributed by atoms with Crippen LogP contribution in [0.1, 0.15) is 30.5 Å². The fourth-order valence-corrected chi connectivity index (χ4v) is 6.22. The Morgan fingerprint density at radius 2 is 1.57 bits per heavy atom. The van der Waals surface area contributed by atoms with Crippen LogP contribution in [0.5, 0.6) is 0 Å². The van der Waals surface area contributed by atoms with E-state index in [4.69, 9.17) is 4.74 Å². The minimum absolute atomic E-state index is 0.0265. The van der Waals surface area contributed by atoms with E-state index in [-0.39, 0.29) is 50.3 Å². The molecule has 0 aromatic heterocycles. The van der Waals surface area contributed by atoms with Crippen LogP contribution in [0, 0.1) is 11.8 Å². The summed E-state index contributed by atoms with van der Waals surface area (Å²) in [5.41, 5.74) is 3.13. The van der Waals surface area contributed by atoms with Gasteiger partial charge in [0.1, 0.15) is 12.1 Å². The number of amides is 5. The predicted octanol–water partition coefficient (Wildman–Crippen LogP) is 0.454. The van der Waals surface area contributed by atoms with Crippen molar-refractivity contribution in [1.29, 1.82) is 0 Å². The van der Waals surface area contributed by atoms with Gasteiger partial charge in [-0.2, -0.15) is 0 Å². The van der Waals surface area contributed by atoms with Crippen molar-refractivity contribution in [3.05, 3.63) is 71.3 Å². The van der Waals surface area contributed by atoms with Crippen molar-refractivity contribution < 1.29 is 28.7 Å². The van der Waals surface area contributed by atoms with Gasteiger partial charge in [0.05, 0.1) is 19.2 Å². The van der Waals surface area contributed by atoms with Gasteiger partial charge in [-0.1, -0.05) is 68.4 Å². The van der Waals surface area contributed by atoms with E-state index in [1.165, 1.54) is 11.9 Å². The normalized spacial score (nSPS) is 25.5. The maximum Gasteiger partial charge on any atom is 0.251 e. The summed E-state index contributed by atoms with van der Waals surface area (Å²) in [4.78, 5) is 70.2. The summed E-state index contributed by atoms with van der Waals surface area (Å²) in [6.45, 7) is 3.62. The van der Waals surface area contributed by atoms with Gasteiger partial charge >= 0.3 is 0 Å². The van der Waals surface area contributed by atoms with Gasteiger partial charge in [-0.25, -0.2) is 0 Å². The molecule has 0 unspecified atom stereocenters. The lowest BCUT2D eigenvalue weighted by Gasteiger charge is -2.39. The van der Waals surface area contributed by atoms with Gasteiger partial charge in [-0.15, -0.1) is 0 Å². The number of nitrogens with zero attached hydrogens (tertiary/aromatic N) is 2. The monoisotopic (exact) mass is 603 g/mol. The van der Waals surface area contributed by atoms with Crippen molar-refractivity contribution in [1.82, 2.24) is 25.8 Å². The molecule has 1 aliphatic carbocycles. The number of morpholine rings is 1. The number of likely N-dealkylation sites (N-methyl/N-ethyl adjacent to an activating group) is 1. The zero-order valence-electron chi connectivity index (χ0n) is 25.5. The molecule has 2 bridgehead atoms. The number of nitrogens with one attached hydrogen (secondary N) is 3. The number of benzene rings is 2. The first-order chi connectivity index (χ1) is 21.1. The summed E-state index contributed by atoms with van der Waals surface area (Å²) in [5, 5.41) is 8.45. The molecule has 3 aliphatic rings. The zero-order chi connectivity index (χ0) is 31.4. The van der Waals surface area contributed by atoms with Crippen LogP contribution in [-0.4, -0.2) is 96.9 Å². The molecule has 4 atom stereocenters. The van der Waals surface area contributed by atoms with Gasteiger partial charge in [0.2, 0.25) is 23.6 Å². The molecule has 11 heteroatoms. The van der Waals surface area contributed by atoms with Crippen molar-refractivity contribution in [3.8, 4) is 0 Å². The highest BCUT2D eigenvalue weighted by atomic mass is 16.5. The van der Waals surface area contributed by atoms with Crippen LogP contribution in [0.25, 0.3) is 0 Å². The van der Waals surface area contributed by atoms with Gasteiger partial charge in [0.25, 0.3) is 5.91 Å². The second-order valence-electron chi connectivity index (χ2n) is 12.3. The van der Waals surface area contributed by atoms with E-state index in [2.05, 4.69) is 16.0 Å². The molecule has 2 aromatic carbocycles. The van der Waals surface area contributed by atoms with Crippen molar-refractivity contribution in [2.75, 3.05) is 33.2 Å². The molecule has 2 aromatic rings. The van der Waals surface area contributed by atoms with Crippen LogP contribution in [0.4, 0.5) is 0 Å². The van der Waals surface area contributed by atoms with Crippen LogP contribution >= 0.6 is 0 Å². The smallest absolute Gasteiger partial charge is 0.251 e. The molecule has 0 radical (unpaired) electrons. The summed E-state index contributed by atoms with van der Waals surface area (Å²) in [5.74, 6) is -2.43. The molecule has 2 fully saturated rings. The number of carbonyl (C=O) groups is 5. The van der Waals surface area contributed by atoms with E-state index < -0.39 is 47.9 Å². The molecular weight excluding hydrogens is 562 g/mol. The number of carbonyl (C=O) groups excluding carboxylic acids is 5. The number of rotatable bonds is 4.